The van der Waals surface area contributed by atoms with Gasteiger partial charge in [0, 0.05) is 12.1 Å². The van der Waals surface area contributed by atoms with Gasteiger partial charge in [-0.05, 0) is 5.56 Å². The average molecular weight is 153 g/mol. The van der Waals surface area contributed by atoms with Gasteiger partial charge in [-0.15, -0.1) is 0 Å². The molecule has 1 nitrogen and oxygen atoms in total. The Balaban J connectivity index is 0.000000810. The molecule has 0 aliphatic carbocycles. The Kier molecular flexibility index (Phi) is 3.90. The van der Waals surface area contributed by atoms with Crippen molar-refractivity contribution in [2.75, 3.05) is 0 Å². The molecular formula is C8H12NP. The molecule has 0 N–H and O–H groups in total. The quantitative estimate of drug-likeness (QED) is 0.427. The maximum Gasteiger partial charge on any atom is 0.170 e. The first-order valence-electron chi connectivity index (χ1n) is 2.72. The van der Waals surface area contributed by atoms with Gasteiger partial charge in [-0.25, -0.2) is 0 Å². The zero-order chi connectivity index (χ0) is 6.69. The molecule has 1 aromatic rings. The van der Waals surface area contributed by atoms with Gasteiger partial charge < -0.3 is 7.43 Å². The van der Waals surface area contributed by atoms with Gasteiger partial charge in [-0.2, -0.15) is 4.34 Å². The SMILES string of the molecule is C=Cc1cc[n+](P)cc1.[CH3-]. The van der Waals surface area contributed by atoms with E-state index in [1.807, 2.05) is 34.9 Å². The number of pyridine rings is 1. The maximum absolute atomic E-state index is 3.64. The maximum atomic E-state index is 3.64. The summed E-state index contributed by atoms with van der Waals surface area (Å²) in [6, 6.07) is 4.00. The number of hydrogen-bond donors (Lipinski definition) is 0. The van der Waals surface area contributed by atoms with Gasteiger partial charge in [0.1, 0.15) is 0 Å². The van der Waals surface area contributed by atoms with Crippen LogP contribution < -0.4 is 4.34 Å². The molecule has 1 aromatic heterocycles. The van der Waals surface area contributed by atoms with Gasteiger partial charge in [0.15, 0.2) is 21.8 Å². The van der Waals surface area contributed by atoms with Crippen molar-refractivity contribution in [3.63, 3.8) is 0 Å². The van der Waals surface area contributed by atoms with E-state index in [1.165, 1.54) is 0 Å². The fraction of sp³-hybridized carbons (Fsp3) is 0. The summed E-state index contributed by atoms with van der Waals surface area (Å²) >= 11 is 0. The van der Waals surface area contributed by atoms with E-state index in [4.69, 9.17) is 0 Å². The van der Waals surface area contributed by atoms with Crippen molar-refractivity contribution in [1.82, 2.24) is 0 Å². The lowest BCUT2D eigenvalue weighted by atomic mass is 10.3. The molecule has 0 fully saturated rings. The van der Waals surface area contributed by atoms with Gasteiger partial charge in [-0.1, -0.05) is 12.7 Å². The van der Waals surface area contributed by atoms with Gasteiger partial charge in [0.25, 0.3) is 0 Å². The molecule has 0 aromatic carbocycles. The van der Waals surface area contributed by atoms with E-state index in [1.54, 1.807) is 0 Å². The van der Waals surface area contributed by atoms with Crippen molar-refractivity contribution in [2.45, 2.75) is 0 Å². The van der Waals surface area contributed by atoms with Crippen molar-refractivity contribution in [3.05, 3.63) is 44.1 Å². The minimum absolute atomic E-state index is 0. The first-order valence-corrected chi connectivity index (χ1v) is 3.23. The van der Waals surface area contributed by atoms with Crippen LogP contribution in [0.15, 0.2) is 31.1 Å². The molecule has 0 spiro atoms. The topological polar surface area (TPSA) is 3.88 Å². The number of nitrogens with zero attached hydrogens (tertiary/aromatic N) is 1. The van der Waals surface area contributed by atoms with Crippen molar-refractivity contribution in [2.24, 2.45) is 0 Å². The second-order valence-electron chi connectivity index (χ2n) is 1.78. The predicted molar refractivity (Wildman–Crippen MR) is 48.3 cm³/mol. The molecule has 0 bridgehead atoms. The molecule has 0 aliphatic heterocycles. The van der Waals surface area contributed by atoms with Crippen LogP contribution in [-0.4, -0.2) is 0 Å². The van der Waals surface area contributed by atoms with E-state index in [0.717, 1.165) is 5.56 Å². The minimum Gasteiger partial charge on any atom is -0.358 e. The summed E-state index contributed by atoms with van der Waals surface area (Å²) in [5, 5.41) is 0. The molecule has 0 saturated carbocycles. The Morgan fingerprint density at radius 2 is 1.90 bits per heavy atom. The fourth-order valence-corrected chi connectivity index (χ4v) is 0.758. The second kappa shape index (κ2) is 4.19. The molecule has 1 heterocycles. The highest BCUT2D eigenvalue weighted by Crippen LogP contribution is 1.95. The van der Waals surface area contributed by atoms with E-state index in [0.29, 0.717) is 0 Å². The highest BCUT2D eigenvalue weighted by molar-refractivity contribution is 7.07. The van der Waals surface area contributed by atoms with Crippen LogP contribution in [0.5, 0.6) is 0 Å². The van der Waals surface area contributed by atoms with Crippen molar-refractivity contribution < 1.29 is 4.34 Å². The minimum atomic E-state index is 0. The summed E-state index contributed by atoms with van der Waals surface area (Å²) in [5.74, 6) is 0. The van der Waals surface area contributed by atoms with Crippen molar-refractivity contribution in [1.29, 1.82) is 0 Å². The molecular weight excluding hydrogens is 141 g/mol. The van der Waals surface area contributed by atoms with E-state index >= 15 is 0 Å². The Labute approximate surface area is 64.7 Å². The summed E-state index contributed by atoms with van der Waals surface area (Å²) in [7, 11) is 2.55. The lowest BCUT2D eigenvalue weighted by molar-refractivity contribution is -0.499. The van der Waals surface area contributed by atoms with Crippen LogP contribution in [0, 0.1) is 7.43 Å². The number of rotatable bonds is 1. The monoisotopic (exact) mass is 153 g/mol. The summed E-state index contributed by atoms with van der Waals surface area (Å²) in [5.41, 5.74) is 1.15. The van der Waals surface area contributed by atoms with Crippen LogP contribution in [-0.2, 0) is 0 Å². The lowest BCUT2D eigenvalue weighted by Crippen LogP contribution is -2.15. The zero-order valence-electron chi connectivity index (χ0n) is 6.12. The van der Waals surface area contributed by atoms with Crippen LogP contribution in [0.2, 0.25) is 0 Å². The van der Waals surface area contributed by atoms with Crippen molar-refractivity contribution in [3.8, 4) is 0 Å². The fourth-order valence-electron chi connectivity index (χ4n) is 0.586. The van der Waals surface area contributed by atoms with Gasteiger partial charge in [0.2, 0.25) is 0 Å². The van der Waals surface area contributed by atoms with Crippen molar-refractivity contribution >= 4 is 15.5 Å². The third kappa shape index (κ3) is 2.28. The first kappa shape index (κ1) is 9.32. The van der Waals surface area contributed by atoms with E-state index in [-0.39, 0.29) is 7.43 Å². The molecule has 0 saturated heterocycles. The predicted octanol–water partition coefficient (Wildman–Crippen LogP) is 1.71. The Bertz CT molecular complexity index is 203. The Morgan fingerprint density at radius 1 is 1.40 bits per heavy atom. The molecule has 0 amide bonds. The lowest BCUT2D eigenvalue weighted by Gasteiger charge is -1.86. The van der Waals surface area contributed by atoms with Crippen LogP contribution in [0.1, 0.15) is 5.56 Å². The molecule has 10 heavy (non-hydrogen) atoms. The molecule has 0 radical (unpaired) electrons. The largest absolute Gasteiger partial charge is 0.358 e. The Morgan fingerprint density at radius 3 is 2.30 bits per heavy atom. The summed E-state index contributed by atoms with van der Waals surface area (Å²) in [6.45, 7) is 3.64. The normalized spacial score (nSPS) is 8.10. The average Bonchev–Trinajstić information content (AvgIpc) is 1.90. The molecule has 54 valence electrons. The van der Waals surface area contributed by atoms with Gasteiger partial charge in [-0.3, -0.25) is 0 Å². The van der Waals surface area contributed by atoms with Crippen LogP contribution in [0.25, 0.3) is 6.08 Å². The molecule has 1 atom stereocenters. The van der Waals surface area contributed by atoms with Gasteiger partial charge in [0.05, 0.1) is 0 Å². The molecule has 2 heteroatoms. The first-order chi connectivity index (χ1) is 4.33. The summed E-state index contributed by atoms with van der Waals surface area (Å²) in [6.07, 6.45) is 5.74. The summed E-state index contributed by atoms with van der Waals surface area (Å²) in [4.78, 5) is 0. The highest BCUT2D eigenvalue weighted by Gasteiger charge is 1.88. The van der Waals surface area contributed by atoms with E-state index in [9.17, 15) is 0 Å². The smallest absolute Gasteiger partial charge is 0.170 e. The number of aromatic nitrogens is 1. The molecule has 0 aliphatic rings. The Hall–Kier alpha value is -0.680. The van der Waals surface area contributed by atoms with Gasteiger partial charge >= 0.3 is 0 Å². The van der Waals surface area contributed by atoms with Crippen LogP contribution >= 0.6 is 9.39 Å². The zero-order valence-corrected chi connectivity index (χ0v) is 7.27. The number of hydrogen-bond acceptors (Lipinski definition) is 0. The standard InChI is InChI=1S/C7H9NP.CH3/c1-2-7-3-5-8(9)6-4-7;/h2-6H,1,9H2;1H3/q+1;-1. The third-order valence-electron chi connectivity index (χ3n) is 1.11. The highest BCUT2D eigenvalue weighted by atomic mass is 31.0. The third-order valence-corrected chi connectivity index (χ3v) is 1.46. The molecule has 1 rings (SSSR count). The van der Waals surface area contributed by atoms with E-state index in [2.05, 4.69) is 16.0 Å². The summed E-state index contributed by atoms with van der Waals surface area (Å²) < 4.78 is 1.91. The van der Waals surface area contributed by atoms with Crippen LogP contribution in [0.3, 0.4) is 0 Å². The second-order valence-corrected chi connectivity index (χ2v) is 2.38. The molecule has 1 unspecified atom stereocenters. The van der Waals surface area contributed by atoms with Crippen LogP contribution in [0.4, 0.5) is 0 Å². The van der Waals surface area contributed by atoms with E-state index < -0.39 is 0 Å².